The fourth-order valence-electron chi connectivity index (χ4n) is 2.84. The predicted octanol–water partition coefficient (Wildman–Crippen LogP) is 3.38. The van der Waals surface area contributed by atoms with Crippen molar-refractivity contribution < 1.29 is 4.79 Å². The molecule has 0 N–H and O–H groups in total. The lowest BCUT2D eigenvalue weighted by Gasteiger charge is -2.10. The lowest BCUT2D eigenvalue weighted by molar-refractivity contribution is 0.0976. The number of nitrogens with zero attached hydrogens (tertiary/aromatic N) is 4. The van der Waals surface area contributed by atoms with Gasteiger partial charge in [0.2, 0.25) is 0 Å². The number of nitriles is 1. The highest BCUT2D eigenvalue weighted by atomic mass is 16.1. The number of Topliss-reactive ketones (excluding diaryl/α,β-unsaturated/α-hetero) is 1. The first kappa shape index (κ1) is 16.6. The number of benzene rings is 1. The lowest BCUT2D eigenvalue weighted by atomic mass is 9.95. The summed E-state index contributed by atoms with van der Waals surface area (Å²) in [5, 5.41) is 13.9. The molecule has 3 aromatic rings. The molecule has 25 heavy (non-hydrogen) atoms. The number of rotatable bonds is 6. The Hall–Kier alpha value is -3.26. The van der Waals surface area contributed by atoms with E-state index in [9.17, 15) is 10.1 Å². The Balaban J connectivity index is 1.92. The van der Waals surface area contributed by atoms with E-state index in [1.54, 1.807) is 30.6 Å². The number of carbonyl (C=O) groups is 1. The van der Waals surface area contributed by atoms with Crippen LogP contribution in [0.3, 0.4) is 0 Å². The maximum atomic E-state index is 12.9. The van der Waals surface area contributed by atoms with Crippen LogP contribution in [-0.4, -0.2) is 20.5 Å². The van der Waals surface area contributed by atoms with Crippen LogP contribution in [0.15, 0.2) is 60.9 Å². The second kappa shape index (κ2) is 7.54. The van der Waals surface area contributed by atoms with Crippen molar-refractivity contribution in [2.75, 3.05) is 0 Å². The number of ketones is 1. The third kappa shape index (κ3) is 3.48. The Labute approximate surface area is 146 Å². The molecule has 0 aliphatic heterocycles. The minimum atomic E-state index is -0.916. The number of aromatic nitrogens is 3. The van der Waals surface area contributed by atoms with E-state index in [-0.39, 0.29) is 5.78 Å². The van der Waals surface area contributed by atoms with Gasteiger partial charge in [0, 0.05) is 11.9 Å². The van der Waals surface area contributed by atoms with Gasteiger partial charge in [-0.15, -0.1) is 0 Å². The molecule has 0 unspecified atom stereocenters. The van der Waals surface area contributed by atoms with Crippen molar-refractivity contribution >= 4 is 5.78 Å². The average molecular weight is 330 g/mol. The van der Waals surface area contributed by atoms with Gasteiger partial charge in [-0.3, -0.25) is 14.5 Å². The van der Waals surface area contributed by atoms with Crippen LogP contribution < -0.4 is 0 Å². The zero-order valence-corrected chi connectivity index (χ0v) is 14.0. The van der Waals surface area contributed by atoms with Crippen molar-refractivity contribution in [3.8, 4) is 6.07 Å². The maximum Gasteiger partial charge on any atom is 0.189 e. The second-order valence-electron chi connectivity index (χ2n) is 5.68. The molecule has 0 saturated carbocycles. The van der Waals surface area contributed by atoms with Crippen LogP contribution in [0, 0.1) is 11.3 Å². The zero-order valence-electron chi connectivity index (χ0n) is 14.0. The average Bonchev–Trinajstić information content (AvgIpc) is 3.06. The first-order valence-electron chi connectivity index (χ1n) is 8.18. The third-order valence-electron chi connectivity index (χ3n) is 4.10. The largest absolute Gasteiger partial charge is 0.292 e. The van der Waals surface area contributed by atoms with Crippen molar-refractivity contribution in [1.82, 2.24) is 14.8 Å². The number of hydrogen-bond acceptors (Lipinski definition) is 4. The van der Waals surface area contributed by atoms with Gasteiger partial charge in [0.1, 0.15) is 0 Å². The Kier molecular flexibility index (Phi) is 5.00. The van der Waals surface area contributed by atoms with Gasteiger partial charge in [-0.1, -0.05) is 43.3 Å². The molecule has 2 aromatic heterocycles. The van der Waals surface area contributed by atoms with Gasteiger partial charge in [-0.05, 0) is 24.1 Å². The van der Waals surface area contributed by atoms with Crippen LogP contribution in [0.25, 0.3) is 0 Å². The van der Waals surface area contributed by atoms with E-state index in [4.69, 9.17) is 0 Å². The minimum Gasteiger partial charge on any atom is -0.292 e. The van der Waals surface area contributed by atoms with Crippen LogP contribution in [0.2, 0.25) is 0 Å². The molecule has 0 radical (unpaired) electrons. The normalized spacial score (nSPS) is 11.7. The molecular weight excluding hydrogens is 312 g/mol. The molecule has 124 valence electrons. The highest BCUT2D eigenvalue weighted by molar-refractivity contribution is 6.03. The highest BCUT2D eigenvalue weighted by Crippen LogP contribution is 2.22. The van der Waals surface area contributed by atoms with Crippen molar-refractivity contribution in [1.29, 1.82) is 5.26 Å². The summed E-state index contributed by atoms with van der Waals surface area (Å²) in [6.07, 6.45) is 3.82. The molecule has 0 aliphatic rings. The van der Waals surface area contributed by atoms with E-state index in [0.29, 0.717) is 24.2 Å². The van der Waals surface area contributed by atoms with Gasteiger partial charge in [0.25, 0.3) is 0 Å². The van der Waals surface area contributed by atoms with E-state index in [1.807, 2.05) is 41.9 Å². The minimum absolute atomic E-state index is 0.252. The summed E-state index contributed by atoms with van der Waals surface area (Å²) < 4.78 is 1.83. The van der Waals surface area contributed by atoms with E-state index in [1.165, 1.54) is 0 Å². The second-order valence-corrected chi connectivity index (χ2v) is 5.68. The Morgan fingerprint density at radius 2 is 1.96 bits per heavy atom. The lowest BCUT2D eigenvalue weighted by Crippen LogP contribution is -2.15. The molecule has 0 aliphatic carbocycles. The van der Waals surface area contributed by atoms with Crippen LogP contribution >= 0.6 is 0 Å². The number of pyridine rings is 1. The summed E-state index contributed by atoms with van der Waals surface area (Å²) in [6.45, 7) is 2.58. The summed E-state index contributed by atoms with van der Waals surface area (Å²) in [4.78, 5) is 17.1. The predicted molar refractivity (Wildman–Crippen MR) is 94.1 cm³/mol. The molecule has 2 heterocycles. The molecular formula is C20H18N4O. The van der Waals surface area contributed by atoms with Crippen LogP contribution in [0.1, 0.15) is 40.2 Å². The molecule has 0 bridgehead atoms. The summed E-state index contributed by atoms with van der Waals surface area (Å²) in [5.74, 6) is -1.17. The van der Waals surface area contributed by atoms with Gasteiger partial charge >= 0.3 is 0 Å². The fraction of sp³-hybridized carbons (Fsp3) is 0.200. The first-order chi connectivity index (χ1) is 12.2. The standard InChI is InChI=1S/C20H18N4O/c1-2-19-17(13-23-24(19)14-15-8-4-3-5-9-15)20(25)16(12-21)18-10-6-7-11-22-18/h3-11,13,16H,2,14H2,1H3/t16-/m0/s1. The van der Waals surface area contributed by atoms with Gasteiger partial charge < -0.3 is 0 Å². The maximum absolute atomic E-state index is 12.9. The molecule has 0 amide bonds. The van der Waals surface area contributed by atoms with Crippen molar-refractivity contribution in [3.63, 3.8) is 0 Å². The van der Waals surface area contributed by atoms with E-state index in [2.05, 4.69) is 16.2 Å². The zero-order chi connectivity index (χ0) is 17.6. The fourth-order valence-corrected chi connectivity index (χ4v) is 2.84. The first-order valence-corrected chi connectivity index (χ1v) is 8.18. The van der Waals surface area contributed by atoms with E-state index < -0.39 is 5.92 Å². The van der Waals surface area contributed by atoms with Gasteiger partial charge in [0.15, 0.2) is 11.7 Å². The quantitative estimate of drug-likeness (QED) is 0.650. The van der Waals surface area contributed by atoms with Crippen molar-refractivity contribution in [3.05, 3.63) is 83.4 Å². The van der Waals surface area contributed by atoms with Crippen LogP contribution in [-0.2, 0) is 13.0 Å². The monoisotopic (exact) mass is 330 g/mol. The molecule has 5 heteroatoms. The SMILES string of the molecule is CCc1c(C(=O)[C@@H](C#N)c2ccccn2)cnn1Cc1ccccc1. The summed E-state index contributed by atoms with van der Waals surface area (Å²) in [7, 11) is 0. The Morgan fingerprint density at radius 1 is 1.20 bits per heavy atom. The molecule has 0 fully saturated rings. The third-order valence-corrected chi connectivity index (χ3v) is 4.10. The molecule has 0 saturated heterocycles. The van der Waals surface area contributed by atoms with Crippen LogP contribution in [0.5, 0.6) is 0 Å². The Morgan fingerprint density at radius 3 is 2.60 bits per heavy atom. The summed E-state index contributed by atoms with van der Waals surface area (Å²) >= 11 is 0. The molecule has 0 spiro atoms. The molecule has 1 atom stereocenters. The Bertz CT molecular complexity index is 894. The van der Waals surface area contributed by atoms with Gasteiger partial charge in [0.05, 0.1) is 30.1 Å². The van der Waals surface area contributed by atoms with Gasteiger partial charge in [-0.2, -0.15) is 10.4 Å². The number of hydrogen-bond donors (Lipinski definition) is 0. The smallest absolute Gasteiger partial charge is 0.189 e. The van der Waals surface area contributed by atoms with Gasteiger partial charge in [-0.25, -0.2) is 0 Å². The van der Waals surface area contributed by atoms with E-state index >= 15 is 0 Å². The molecule has 1 aromatic carbocycles. The molecule has 5 nitrogen and oxygen atoms in total. The van der Waals surface area contributed by atoms with Crippen LogP contribution in [0.4, 0.5) is 0 Å². The highest BCUT2D eigenvalue weighted by Gasteiger charge is 2.27. The number of carbonyl (C=O) groups excluding carboxylic acids is 1. The van der Waals surface area contributed by atoms with Crippen molar-refractivity contribution in [2.24, 2.45) is 0 Å². The summed E-state index contributed by atoms with van der Waals surface area (Å²) in [6, 6.07) is 17.3. The summed E-state index contributed by atoms with van der Waals surface area (Å²) in [5.41, 5.74) is 2.91. The topological polar surface area (TPSA) is 71.6 Å². The molecule has 3 rings (SSSR count). The van der Waals surface area contributed by atoms with Crippen molar-refractivity contribution in [2.45, 2.75) is 25.8 Å². The van der Waals surface area contributed by atoms with E-state index in [0.717, 1.165) is 11.3 Å².